The van der Waals surface area contributed by atoms with Gasteiger partial charge in [-0.05, 0) is 42.2 Å². The van der Waals surface area contributed by atoms with Crippen LogP contribution in [0.15, 0.2) is 42.5 Å². The Morgan fingerprint density at radius 3 is 2.50 bits per heavy atom. The summed E-state index contributed by atoms with van der Waals surface area (Å²) in [7, 11) is 0. The lowest BCUT2D eigenvalue weighted by atomic mass is 9.89. The fourth-order valence-electron chi connectivity index (χ4n) is 3.15. The fraction of sp³-hybridized carbons (Fsp3) is 0.421. The molecule has 0 aliphatic carbocycles. The summed E-state index contributed by atoms with van der Waals surface area (Å²) in [5.74, 6) is 0.0384. The van der Waals surface area contributed by atoms with Gasteiger partial charge in [0.15, 0.2) is 0 Å². The van der Waals surface area contributed by atoms with Crippen molar-refractivity contribution in [1.82, 2.24) is 4.90 Å². The molecule has 2 N–H and O–H groups in total. The van der Waals surface area contributed by atoms with Crippen LogP contribution in [0.25, 0.3) is 10.8 Å². The van der Waals surface area contributed by atoms with Gasteiger partial charge >= 0.3 is 0 Å². The molecule has 0 aromatic heterocycles. The molecule has 130 valence electrons. The second-order valence-corrected chi connectivity index (χ2v) is 6.27. The Labute approximate surface area is 149 Å². The Morgan fingerprint density at radius 2 is 1.83 bits per heavy atom. The molecule has 2 aromatic rings. The molecule has 0 unspecified atom stereocenters. The molecule has 5 heteroatoms. The van der Waals surface area contributed by atoms with Gasteiger partial charge in [-0.25, -0.2) is 0 Å². The van der Waals surface area contributed by atoms with Gasteiger partial charge in [0.25, 0.3) is 0 Å². The summed E-state index contributed by atoms with van der Waals surface area (Å²) < 4.78 is 5.34. The zero-order valence-corrected chi connectivity index (χ0v) is 14.8. The van der Waals surface area contributed by atoms with Gasteiger partial charge < -0.3 is 15.4 Å². The molecular weight excluding hydrogens is 324 g/mol. The van der Waals surface area contributed by atoms with Crippen LogP contribution < -0.4 is 5.73 Å². The molecule has 0 saturated carbocycles. The first-order valence-corrected chi connectivity index (χ1v) is 8.26. The minimum atomic E-state index is -0.773. The van der Waals surface area contributed by atoms with Crippen LogP contribution in [-0.2, 0) is 16.1 Å². The highest BCUT2D eigenvalue weighted by Crippen LogP contribution is 2.22. The second-order valence-electron chi connectivity index (χ2n) is 6.27. The van der Waals surface area contributed by atoms with Crippen molar-refractivity contribution in [1.29, 1.82) is 0 Å². The average Bonchev–Trinajstić information content (AvgIpc) is 2.59. The van der Waals surface area contributed by atoms with Crippen LogP contribution in [-0.4, -0.2) is 36.1 Å². The van der Waals surface area contributed by atoms with Gasteiger partial charge in [0.2, 0.25) is 5.91 Å². The van der Waals surface area contributed by atoms with Crippen molar-refractivity contribution in [3.63, 3.8) is 0 Å². The van der Waals surface area contributed by atoms with Gasteiger partial charge in [0.05, 0.1) is 5.54 Å². The van der Waals surface area contributed by atoms with Crippen molar-refractivity contribution in [3.05, 3.63) is 48.0 Å². The number of benzene rings is 2. The van der Waals surface area contributed by atoms with Gasteiger partial charge in [0, 0.05) is 26.3 Å². The first-order valence-electron chi connectivity index (χ1n) is 8.26. The van der Waals surface area contributed by atoms with Gasteiger partial charge in [-0.3, -0.25) is 4.79 Å². The van der Waals surface area contributed by atoms with Crippen molar-refractivity contribution in [2.24, 2.45) is 5.73 Å². The van der Waals surface area contributed by atoms with Gasteiger partial charge in [-0.1, -0.05) is 36.4 Å². The molecule has 1 fully saturated rings. The molecule has 1 saturated heterocycles. The van der Waals surface area contributed by atoms with E-state index in [4.69, 9.17) is 10.5 Å². The van der Waals surface area contributed by atoms with Crippen molar-refractivity contribution in [2.45, 2.75) is 31.8 Å². The van der Waals surface area contributed by atoms with E-state index >= 15 is 0 Å². The lowest BCUT2D eigenvalue weighted by Crippen LogP contribution is -2.57. The average molecular weight is 349 g/mol. The van der Waals surface area contributed by atoms with Crippen LogP contribution >= 0.6 is 12.4 Å². The molecule has 3 rings (SSSR count). The van der Waals surface area contributed by atoms with Crippen molar-refractivity contribution >= 4 is 29.1 Å². The summed E-state index contributed by atoms with van der Waals surface area (Å²) in [5.41, 5.74) is 6.71. The van der Waals surface area contributed by atoms with E-state index in [0.717, 1.165) is 5.56 Å². The summed E-state index contributed by atoms with van der Waals surface area (Å²) in [5, 5.41) is 2.41. The number of hydrogen-bond donors (Lipinski definition) is 1. The molecule has 24 heavy (non-hydrogen) atoms. The van der Waals surface area contributed by atoms with E-state index in [2.05, 4.69) is 30.3 Å². The third-order valence-electron chi connectivity index (χ3n) is 4.67. The minimum Gasteiger partial charge on any atom is -0.381 e. The Bertz CT molecular complexity index is 699. The normalized spacial score (nSPS) is 16.4. The molecule has 1 aliphatic heterocycles. The zero-order chi connectivity index (χ0) is 16.3. The quantitative estimate of drug-likeness (QED) is 0.923. The van der Waals surface area contributed by atoms with E-state index < -0.39 is 5.54 Å². The lowest BCUT2D eigenvalue weighted by molar-refractivity contribution is -0.141. The number of amides is 1. The lowest BCUT2D eigenvalue weighted by Gasteiger charge is -2.36. The summed E-state index contributed by atoms with van der Waals surface area (Å²) in [6.07, 6.45) is 1.19. The minimum absolute atomic E-state index is 0. The number of halogens is 1. The molecule has 2 aromatic carbocycles. The van der Waals surface area contributed by atoms with Gasteiger partial charge in [0.1, 0.15) is 0 Å². The predicted octanol–water partition coefficient (Wildman–Crippen LogP) is 3.12. The molecule has 1 heterocycles. The Balaban J connectivity index is 0.00000208. The summed E-state index contributed by atoms with van der Waals surface area (Å²) >= 11 is 0. The van der Waals surface area contributed by atoms with E-state index in [0.29, 0.717) is 39.1 Å². The first-order chi connectivity index (χ1) is 11.1. The molecule has 0 bridgehead atoms. The zero-order valence-electron chi connectivity index (χ0n) is 14.0. The number of carbonyl (C=O) groups excluding carboxylic acids is 1. The van der Waals surface area contributed by atoms with Crippen molar-refractivity contribution in [2.75, 3.05) is 19.8 Å². The molecule has 1 amide bonds. The van der Waals surface area contributed by atoms with Crippen molar-refractivity contribution in [3.8, 4) is 0 Å². The smallest absolute Gasteiger partial charge is 0.243 e. The number of rotatable bonds is 4. The number of likely N-dealkylation sites (N-methyl/N-ethyl adjacent to an activating group) is 1. The van der Waals surface area contributed by atoms with Crippen LogP contribution in [0.5, 0.6) is 0 Å². The fourth-order valence-corrected chi connectivity index (χ4v) is 3.15. The summed E-state index contributed by atoms with van der Waals surface area (Å²) in [4.78, 5) is 14.7. The van der Waals surface area contributed by atoms with Crippen LogP contribution in [0, 0.1) is 0 Å². The number of carbonyl (C=O) groups is 1. The highest BCUT2D eigenvalue weighted by atomic mass is 35.5. The van der Waals surface area contributed by atoms with Crippen LogP contribution in [0.2, 0.25) is 0 Å². The monoisotopic (exact) mass is 348 g/mol. The van der Waals surface area contributed by atoms with Crippen LogP contribution in [0.3, 0.4) is 0 Å². The third-order valence-corrected chi connectivity index (χ3v) is 4.67. The maximum absolute atomic E-state index is 12.9. The molecular formula is C19H25ClN2O2. The maximum Gasteiger partial charge on any atom is 0.243 e. The molecule has 0 spiro atoms. The largest absolute Gasteiger partial charge is 0.381 e. The second kappa shape index (κ2) is 7.97. The number of nitrogens with two attached hydrogens (primary N) is 1. The van der Waals surface area contributed by atoms with Crippen LogP contribution in [0.1, 0.15) is 25.3 Å². The standard InChI is InChI=1S/C19H24N2O2.ClH/c1-2-21(18(22)19(20)9-11-23-12-10-19)14-15-7-8-16-5-3-4-6-17(16)13-15;/h3-8,13H,2,9-12,14,20H2,1H3;1H. The van der Waals surface area contributed by atoms with E-state index in [1.54, 1.807) is 0 Å². The number of ether oxygens (including phenoxy) is 1. The Hall–Kier alpha value is -1.62. The Morgan fingerprint density at radius 1 is 1.17 bits per heavy atom. The topological polar surface area (TPSA) is 55.6 Å². The van der Waals surface area contributed by atoms with Crippen LogP contribution in [0.4, 0.5) is 0 Å². The molecule has 0 atom stereocenters. The maximum atomic E-state index is 12.9. The Kier molecular flexibility index (Phi) is 6.21. The van der Waals surface area contributed by atoms with Gasteiger partial charge in [-0.15, -0.1) is 12.4 Å². The molecule has 4 nitrogen and oxygen atoms in total. The number of nitrogens with zero attached hydrogens (tertiary/aromatic N) is 1. The molecule has 1 aliphatic rings. The highest BCUT2D eigenvalue weighted by Gasteiger charge is 2.38. The SMILES string of the molecule is CCN(Cc1ccc2ccccc2c1)C(=O)C1(N)CCOCC1.Cl. The number of hydrogen-bond acceptors (Lipinski definition) is 3. The number of fused-ring (bicyclic) bond motifs is 1. The van der Waals surface area contributed by atoms with E-state index in [9.17, 15) is 4.79 Å². The van der Waals surface area contributed by atoms with E-state index in [1.165, 1.54) is 10.8 Å². The van der Waals surface area contributed by atoms with E-state index in [1.807, 2.05) is 24.0 Å². The summed E-state index contributed by atoms with van der Waals surface area (Å²) in [6.45, 7) is 4.39. The molecule has 0 radical (unpaired) electrons. The first kappa shape index (κ1) is 18.7. The van der Waals surface area contributed by atoms with E-state index in [-0.39, 0.29) is 18.3 Å². The predicted molar refractivity (Wildman–Crippen MR) is 99.3 cm³/mol. The third kappa shape index (κ3) is 3.89. The highest BCUT2D eigenvalue weighted by molar-refractivity contribution is 5.87. The van der Waals surface area contributed by atoms with Crippen molar-refractivity contribution < 1.29 is 9.53 Å². The van der Waals surface area contributed by atoms with Gasteiger partial charge in [-0.2, -0.15) is 0 Å². The summed E-state index contributed by atoms with van der Waals surface area (Å²) in [6, 6.07) is 14.6.